The quantitative estimate of drug-likeness (QED) is 0.446. The Kier molecular flexibility index (Phi) is 7.33. The zero-order valence-corrected chi connectivity index (χ0v) is 19.5. The lowest BCUT2D eigenvalue weighted by molar-refractivity contribution is -0.129. The van der Waals surface area contributed by atoms with Gasteiger partial charge in [0.15, 0.2) is 5.17 Å². The number of anilines is 1. The fourth-order valence-electron chi connectivity index (χ4n) is 3.20. The van der Waals surface area contributed by atoms with E-state index in [-0.39, 0.29) is 30.6 Å². The Labute approximate surface area is 204 Å². The van der Waals surface area contributed by atoms with Crippen molar-refractivity contribution in [3.63, 3.8) is 0 Å². The first kappa shape index (κ1) is 23.3. The molecule has 9 heteroatoms. The Balaban J connectivity index is 1.61. The first-order valence-corrected chi connectivity index (χ1v) is 11.6. The van der Waals surface area contributed by atoms with Crippen LogP contribution < -0.4 is 5.32 Å². The molecule has 0 aliphatic carbocycles. The Bertz CT molecular complexity index is 1220. The number of amides is 2. The van der Waals surface area contributed by atoms with E-state index in [2.05, 4.69) is 10.3 Å². The largest absolute Gasteiger partial charge is 0.324 e. The summed E-state index contributed by atoms with van der Waals surface area (Å²) in [6.07, 6.45) is -0.0171. The van der Waals surface area contributed by atoms with Crippen molar-refractivity contribution < 1.29 is 14.0 Å². The minimum Gasteiger partial charge on any atom is -0.324 e. The molecule has 0 saturated carbocycles. The van der Waals surface area contributed by atoms with Gasteiger partial charge in [-0.05, 0) is 48.0 Å². The fraction of sp³-hybridized carbons (Fsp3) is 0.125. The molecule has 2 amide bonds. The second kappa shape index (κ2) is 10.4. The van der Waals surface area contributed by atoms with Crippen LogP contribution in [-0.2, 0) is 16.1 Å². The third-order valence-electron chi connectivity index (χ3n) is 4.85. The zero-order valence-electron chi connectivity index (χ0n) is 17.2. The van der Waals surface area contributed by atoms with E-state index >= 15 is 0 Å². The van der Waals surface area contributed by atoms with Gasteiger partial charge in [-0.3, -0.25) is 14.5 Å². The highest BCUT2D eigenvalue weighted by Crippen LogP contribution is 2.32. The molecule has 33 heavy (non-hydrogen) atoms. The van der Waals surface area contributed by atoms with Gasteiger partial charge < -0.3 is 5.32 Å². The number of amidine groups is 1. The van der Waals surface area contributed by atoms with E-state index in [0.29, 0.717) is 26.6 Å². The SMILES string of the molecule is O=C(Nc1ccccc1Cl)C1CC(=O)N(Cc2ccc(F)cc2)C(=Nc2cccc(Cl)c2)S1. The van der Waals surface area contributed by atoms with Crippen molar-refractivity contribution in [2.45, 2.75) is 18.2 Å². The zero-order chi connectivity index (χ0) is 23.4. The van der Waals surface area contributed by atoms with Crippen LogP contribution >= 0.6 is 35.0 Å². The molecule has 3 aromatic rings. The lowest BCUT2D eigenvalue weighted by atomic mass is 10.2. The smallest absolute Gasteiger partial charge is 0.238 e. The van der Waals surface area contributed by atoms with Gasteiger partial charge in [-0.1, -0.05) is 65.3 Å². The third-order valence-corrected chi connectivity index (χ3v) is 6.60. The average Bonchev–Trinajstić information content (AvgIpc) is 2.79. The molecule has 0 bridgehead atoms. The van der Waals surface area contributed by atoms with Gasteiger partial charge in [0.25, 0.3) is 0 Å². The molecule has 1 saturated heterocycles. The van der Waals surface area contributed by atoms with Crippen LogP contribution in [0.5, 0.6) is 0 Å². The number of nitrogens with zero attached hydrogens (tertiary/aromatic N) is 2. The van der Waals surface area contributed by atoms with Crippen molar-refractivity contribution in [3.05, 3.63) is 94.2 Å². The predicted molar refractivity (Wildman–Crippen MR) is 132 cm³/mol. The Hall–Kier alpha value is -2.87. The van der Waals surface area contributed by atoms with Gasteiger partial charge >= 0.3 is 0 Å². The molecule has 1 atom stereocenters. The van der Waals surface area contributed by atoms with E-state index in [4.69, 9.17) is 23.2 Å². The molecule has 0 spiro atoms. The standard InChI is InChI=1S/C24H18Cl2FN3O2S/c25-16-4-3-5-18(12-16)28-24-30(14-15-8-10-17(27)11-9-15)22(31)13-21(33-24)23(32)29-20-7-2-1-6-19(20)26/h1-12,21H,13-14H2,(H,29,32). The Morgan fingerprint density at radius 2 is 1.85 bits per heavy atom. The van der Waals surface area contributed by atoms with Gasteiger partial charge in [-0.25, -0.2) is 9.38 Å². The first-order chi connectivity index (χ1) is 15.9. The van der Waals surface area contributed by atoms with Crippen molar-refractivity contribution in [2.24, 2.45) is 4.99 Å². The summed E-state index contributed by atoms with van der Waals surface area (Å²) < 4.78 is 13.3. The number of carbonyl (C=O) groups is 2. The molecule has 1 aliphatic heterocycles. The van der Waals surface area contributed by atoms with Gasteiger partial charge in [0.05, 0.1) is 22.9 Å². The minimum atomic E-state index is -0.698. The van der Waals surface area contributed by atoms with E-state index in [1.165, 1.54) is 28.8 Å². The molecule has 1 unspecified atom stereocenters. The molecule has 1 N–H and O–H groups in total. The number of hydrogen-bond donors (Lipinski definition) is 1. The van der Waals surface area contributed by atoms with E-state index in [0.717, 1.165) is 5.56 Å². The van der Waals surface area contributed by atoms with Gasteiger partial charge in [0.2, 0.25) is 11.8 Å². The summed E-state index contributed by atoms with van der Waals surface area (Å²) in [6, 6.07) is 19.7. The van der Waals surface area contributed by atoms with Crippen LogP contribution in [0.15, 0.2) is 77.8 Å². The van der Waals surface area contributed by atoms with Gasteiger partial charge in [0.1, 0.15) is 11.1 Å². The molecular weight excluding hydrogens is 484 g/mol. The second-order valence-electron chi connectivity index (χ2n) is 7.26. The normalized spacial score (nSPS) is 17.3. The molecule has 1 aliphatic rings. The second-order valence-corrected chi connectivity index (χ2v) is 9.27. The van der Waals surface area contributed by atoms with E-state index < -0.39 is 5.25 Å². The van der Waals surface area contributed by atoms with E-state index in [1.54, 1.807) is 60.7 Å². The third kappa shape index (κ3) is 5.93. The maximum atomic E-state index is 13.3. The molecule has 5 nitrogen and oxygen atoms in total. The number of hydrogen-bond acceptors (Lipinski definition) is 4. The molecule has 3 aromatic carbocycles. The van der Waals surface area contributed by atoms with Crippen molar-refractivity contribution in [1.82, 2.24) is 4.90 Å². The fourth-order valence-corrected chi connectivity index (χ4v) is 4.67. The van der Waals surface area contributed by atoms with Gasteiger partial charge in [0, 0.05) is 11.4 Å². The Morgan fingerprint density at radius 3 is 2.58 bits per heavy atom. The summed E-state index contributed by atoms with van der Waals surface area (Å²) in [5.74, 6) is -0.970. The van der Waals surface area contributed by atoms with Crippen LogP contribution in [0.1, 0.15) is 12.0 Å². The first-order valence-electron chi connectivity index (χ1n) is 10.00. The Morgan fingerprint density at radius 1 is 1.09 bits per heavy atom. The minimum absolute atomic E-state index is 0.0171. The number of thioether (sulfide) groups is 1. The molecule has 4 rings (SSSR count). The van der Waals surface area contributed by atoms with Crippen LogP contribution in [0.4, 0.5) is 15.8 Å². The van der Waals surface area contributed by atoms with Gasteiger partial charge in [-0.2, -0.15) is 0 Å². The molecular formula is C24H18Cl2FN3O2S. The molecule has 168 valence electrons. The van der Waals surface area contributed by atoms with Crippen LogP contribution in [0.3, 0.4) is 0 Å². The maximum Gasteiger partial charge on any atom is 0.238 e. The van der Waals surface area contributed by atoms with Crippen molar-refractivity contribution in [3.8, 4) is 0 Å². The monoisotopic (exact) mass is 501 g/mol. The van der Waals surface area contributed by atoms with Crippen LogP contribution in [0, 0.1) is 5.82 Å². The number of nitrogens with one attached hydrogen (secondary N) is 1. The number of benzene rings is 3. The number of rotatable bonds is 5. The number of aliphatic imine (C=N–C) groups is 1. The van der Waals surface area contributed by atoms with E-state index in [9.17, 15) is 14.0 Å². The topological polar surface area (TPSA) is 61.8 Å². The number of halogens is 3. The summed E-state index contributed by atoms with van der Waals surface area (Å²) in [5, 5.41) is 3.35. The average molecular weight is 502 g/mol. The van der Waals surface area contributed by atoms with Crippen molar-refractivity contribution in [2.75, 3.05) is 5.32 Å². The lowest BCUT2D eigenvalue weighted by Crippen LogP contribution is -2.44. The van der Waals surface area contributed by atoms with Gasteiger partial charge in [-0.15, -0.1) is 0 Å². The van der Waals surface area contributed by atoms with E-state index in [1.807, 2.05) is 0 Å². The number of para-hydroxylation sites is 1. The van der Waals surface area contributed by atoms with Crippen LogP contribution in [-0.4, -0.2) is 27.1 Å². The lowest BCUT2D eigenvalue weighted by Gasteiger charge is -2.32. The molecule has 1 fully saturated rings. The molecule has 1 heterocycles. The summed E-state index contributed by atoms with van der Waals surface area (Å²) in [4.78, 5) is 32.1. The van der Waals surface area contributed by atoms with Crippen molar-refractivity contribution >= 4 is 63.3 Å². The highest BCUT2D eigenvalue weighted by molar-refractivity contribution is 8.15. The summed E-state index contributed by atoms with van der Waals surface area (Å²) in [7, 11) is 0. The maximum absolute atomic E-state index is 13.3. The van der Waals surface area contributed by atoms with Crippen LogP contribution in [0.25, 0.3) is 0 Å². The predicted octanol–water partition coefficient (Wildman–Crippen LogP) is 6.29. The highest BCUT2D eigenvalue weighted by atomic mass is 35.5. The molecule has 0 radical (unpaired) electrons. The number of carbonyl (C=O) groups excluding carboxylic acids is 2. The van der Waals surface area contributed by atoms with Crippen LogP contribution in [0.2, 0.25) is 10.0 Å². The summed E-state index contributed by atoms with van der Waals surface area (Å²) in [5.41, 5.74) is 1.76. The molecule has 0 aromatic heterocycles. The highest BCUT2D eigenvalue weighted by Gasteiger charge is 2.36. The summed E-state index contributed by atoms with van der Waals surface area (Å²) in [6.45, 7) is 0.199. The van der Waals surface area contributed by atoms with Crippen molar-refractivity contribution in [1.29, 1.82) is 0 Å². The summed E-state index contributed by atoms with van der Waals surface area (Å²) >= 11 is 13.4.